The van der Waals surface area contributed by atoms with E-state index in [1.165, 1.54) is 0 Å². The lowest BCUT2D eigenvalue weighted by Crippen LogP contribution is -2.32. The summed E-state index contributed by atoms with van der Waals surface area (Å²) in [5.74, 6) is 1.09. The molecule has 0 aliphatic carbocycles. The van der Waals surface area contributed by atoms with Gasteiger partial charge in [0.1, 0.15) is 5.82 Å². The van der Waals surface area contributed by atoms with Crippen molar-refractivity contribution in [2.24, 2.45) is 0 Å². The molecular formula is C15H20N4OS. The summed E-state index contributed by atoms with van der Waals surface area (Å²) in [5, 5.41) is 1.02. The predicted molar refractivity (Wildman–Crippen MR) is 82.3 cm³/mol. The third-order valence-electron chi connectivity index (χ3n) is 3.92. The summed E-state index contributed by atoms with van der Waals surface area (Å²) >= 11 is 1.62. The van der Waals surface area contributed by atoms with Crippen molar-refractivity contribution in [2.75, 3.05) is 6.54 Å². The number of carbonyl (C=O) groups is 1. The first-order chi connectivity index (χ1) is 10.0. The van der Waals surface area contributed by atoms with E-state index in [0.29, 0.717) is 6.42 Å². The van der Waals surface area contributed by atoms with Gasteiger partial charge in [0.15, 0.2) is 0 Å². The van der Waals surface area contributed by atoms with E-state index in [-0.39, 0.29) is 11.9 Å². The molecule has 1 unspecified atom stereocenters. The summed E-state index contributed by atoms with van der Waals surface area (Å²) in [4.78, 5) is 27.7. The van der Waals surface area contributed by atoms with E-state index in [1.54, 1.807) is 11.3 Å². The van der Waals surface area contributed by atoms with Crippen LogP contribution in [0.25, 0.3) is 0 Å². The molecule has 1 N–H and O–H groups in total. The Morgan fingerprint density at radius 1 is 1.48 bits per heavy atom. The number of amides is 1. The molecule has 5 nitrogen and oxygen atoms in total. The van der Waals surface area contributed by atoms with Gasteiger partial charge in [0, 0.05) is 23.3 Å². The van der Waals surface area contributed by atoms with Crippen LogP contribution in [-0.4, -0.2) is 32.3 Å². The minimum absolute atomic E-state index is 0.0977. The van der Waals surface area contributed by atoms with Gasteiger partial charge < -0.3 is 9.88 Å². The molecule has 0 aromatic carbocycles. The molecule has 1 fully saturated rings. The lowest BCUT2D eigenvalue weighted by atomic mass is 10.2. The maximum Gasteiger partial charge on any atom is 0.228 e. The highest BCUT2D eigenvalue weighted by Crippen LogP contribution is 2.31. The minimum atomic E-state index is 0.0977. The number of hydrogen-bond acceptors (Lipinski definition) is 4. The third-order valence-corrected chi connectivity index (χ3v) is 5.00. The van der Waals surface area contributed by atoms with Crippen molar-refractivity contribution in [3.8, 4) is 0 Å². The Morgan fingerprint density at radius 3 is 2.90 bits per heavy atom. The van der Waals surface area contributed by atoms with Crippen LogP contribution in [0.1, 0.15) is 46.0 Å². The maximum absolute atomic E-state index is 12.6. The van der Waals surface area contributed by atoms with Crippen molar-refractivity contribution in [1.82, 2.24) is 19.9 Å². The molecule has 3 heterocycles. The number of H-pyrrole nitrogens is 1. The fraction of sp³-hybridized carbons (Fsp3) is 0.533. The zero-order valence-electron chi connectivity index (χ0n) is 12.6. The number of aromatic nitrogens is 3. The number of aryl methyl sites for hydroxylation is 3. The van der Waals surface area contributed by atoms with Crippen LogP contribution in [0.3, 0.4) is 0 Å². The van der Waals surface area contributed by atoms with Crippen LogP contribution in [0.2, 0.25) is 0 Å². The van der Waals surface area contributed by atoms with Crippen molar-refractivity contribution in [3.05, 3.63) is 33.3 Å². The van der Waals surface area contributed by atoms with Crippen molar-refractivity contribution in [1.29, 1.82) is 0 Å². The topological polar surface area (TPSA) is 61.9 Å². The van der Waals surface area contributed by atoms with Crippen LogP contribution in [-0.2, 0) is 11.2 Å². The Kier molecular flexibility index (Phi) is 3.80. The van der Waals surface area contributed by atoms with Crippen molar-refractivity contribution < 1.29 is 4.79 Å². The second kappa shape index (κ2) is 5.60. The number of hydrogen-bond donors (Lipinski definition) is 1. The zero-order valence-corrected chi connectivity index (χ0v) is 13.5. The van der Waals surface area contributed by atoms with Gasteiger partial charge in [-0.25, -0.2) is 9.97 Å². The summed E-state index contributed by atoms with van der Waals surface area (Å²) in [6, 6.07) is 0.0977. The van der Waals surface area contributed by atoms with Crippen molar-refractivity contribution in [2.45, 2.75) is 46.1 Å². The molecule has 3 rings (SSSR count). The molecule has 21 heavy (non-hydrogen) atoms. The van der Waals surface area contributed by atoms with Gasteiger partial charge in [-0.1, -0.05) is 0 Å². The molecule has 6 heteroatoms. The summed E-state index contributed by atoms with van der Waals surface area (Å²) in [6.45, 7) is 6.76. The van der Waals surface area contributed by atoms with E-state index >= 15 is 0 Å². The minimum Gasteiger partial charge on any atom is -0.344 e. The highest BCUT2D eigenvalue weighted by molar-refractivity contribution is 7.11. The number of imidazole rings is 1. The first kappa shape index (κ1) is 14.3. The normalized spacial score (nSPS) is 18.4. The summed E-state index contributed by atoms with van der Waals surface area (Å²) in [7, 11) is 0. The van der Waals surface area contributed by atoms with E-state index in [2.05, 4.69) is 15.0 Å². The van der Waals surface area contributed by atoms with Gasteiger partial charge in [-0.3, -0.25) is 4.79 Å². The largest absolute Gasteiger partial charge is 0.344 e. The van der Waals surface area contributed by atoms with Gasteiger partial charge in [-0.05, 0) is 33.6 Å². The quantitative estimate of drug-likeness (QED) is 0.948. The smallest absolute Gasteiger partial charge is 0.228 e. The molecule has 112 valence electrons. The lowest BCUT2D eigenvalue weighted by Gasteiger charge is -2.23. The Hall–Kier alpha value is -1.69. The van der Waals surface area contributed by atoms with Crippen LogP contribution in [0.5, 0.6) is 0 Å². The van der Waals surface area contributed by atoms with Crippen LogP contribution < -0.4 is 0 Å². The number of aromatic amines is 1. The van der Waals surface area contributed by atoms with E-state index < -0.39 is 0 Å². The van der Waals surface area contributed by atoms with Gasteiger partial charge in [0.25, 0.3) is 0 Å². The molecule has 1 atom stereocenters. The van der Waals surface area contributed by atoms with Crippen LogP contribution >= 0.6 is 11.3 Å². The molecule has 0 radical (unpaired) electrons. The number of nitrogens with zero attached hydrogens (tertiary/aromatic N) is 3. The second-order valence-electron chi connectivity index (χ2n) is 5.61. The van der Waals surface area contributed by atoms with Gasteiger partial charge in [0.2, 0.25) is 5.91 Å². The molecule has 0 spiro atoms. The fourth-order valence-corrected chi connectivity index (χ4v) is 3.86. The Labute approximate surface area is 128 Å². The van der Waals surface area contributed by atoms with E-state index in [4.69, 9.17) is 0 Å². The zero-order chi connectivity index (χ0) is 15.0. The number of thiazole rings is 1. The SMILES string of the molecule is Cc1cnc(C2CCCN2C(=O)Cc2sc(C)nc2C)[nH]1. The molecule has 1 saturated heterocycles. The van der Waals surface area contributed by atoms with Gasteiger partial charge in [0.05, 0.1) is 23.2 Å². The van der Waals surface area contributed by atoms with Gasteiger partial charge in [-0.2, -0.15) is 0 Å². The average Bonchev–Trinajstić information content (AvgIpc) is 3.10. The number of likely N-dealkylation sites (tertiary alicyclic amines) is 1. The van der Waals surface area contributed by atoms with E-state index in [9.17, 15) is 4.79 Å². The monoisotopic (exact) mass is 304 g/mol. The number of carbonyl (C=O) groups excluding carboxylic acids is 1. The molecule has 1 aliphatic heterocycles. The highest BCUT2D eigenvalue weighted by atomic mass is 32.1. The highest BCUT2D eigenvalue weighted by Gasteiger charge is 2.32. The number of nitrogens with one attached hydrogen (secondary N) is 1. The molecule has 2 aromatic heterocycles. The standard InChI is InChI=1S/C15H20N4OS/c1-9-8-16-15(17-9)12-5-4-6-19(12)14(20)7-13-10(2)18-11(3)21-13/h8,12H,4-7H2,1-3H3,(H,16,17). The predicted octanol–water partition coefficient (Wildman–Crippen LogP) is 2.70. The first-order valence-electron chi connectivity index (χ1n) is 7.28. The van der Waals surface area contributed by atoms with Crippen LogP contribution in [0, 0.1) is 20.8 Å². The summed E-state index contributed by atoms with van der Waals surface area (Å²) in [5.41, 5.74) is 2.02. The molecule has 2 aromatic rings. The number of rotatable bonds is 3. The first-order valence-corrected chi connectivity index (χ1v) is 8.10. The lowest BCUT2D eigenvalue weighted by molar-refractivity contribution is -0.131. The molecule has 0 saturated carbocycles. The molecule has 1 amide bonds. The summed E-state index contributed by atoms with van der Waals surface area (Å²) < 4.78 is 0. The van der Waals surface area contributed by atoms with Crippen LogP contribution in [0.4, 0.5) is 0 Å². The van der Waals surface area contributed by atoms with E-state index in [0.717, 1.165) is 46.5 Å². The van der Waals surface area contributed by atoms with Gasteiger partial charge >= 0.3 is 0 Å². The van der Waals surface area contributed by atoms with Crippen LogP contribution in [0.15, 0.2) is 6.20 Å². The van der Waals surface area contributed by atoms with Crippen molar-refractivity contribution in [3.63, 3.8) is 0 Å². The Balaban J connectivity index is 1.75. The average molecular weight is 304 g/mol. The summed E-state index contributed by atoms with van der Waals surface area (Å²) in [6.07, 6.45) is 4.30. The maximum atomic E-state index is 12.6. The Morgan fingerprint density at radius 2 is 2.29 bits per heavy atom. The molecule has 0 bridgehead atoms. The fourth-order valence-electron chi connectivity index (χ4n) is 2.93. The van der Waals surface area contributed by atoms with Crippen molar-refractivity contribution >= 4 is 17.2 Å². The van der Waals surface area contributed by atoms with Gasteiger partial charge in [-0.15, -0.1) is 11.3 Å². The Bertz CT molecular complexity index is 660. The second-order valence-corrected chi connectivity index (χ2v) is 6.90. The van der Waals surface area contributed by atoms with E-state index in [1.807, 2.05) is 31.9 Å². The molecular weight excluding hydrogens is 284 g/mol. The molecule has 1 aliphatic rings. The third kappa shape index (κ3) is 2.85.